The molecule has 5 rings (SSSR count). The van der Waals surface area contributed by atoms with Crippen molar-refractivity contribution in [1.29, 1.82) is 0 Å². The van der Waals surface area contributed by atoms with Crippen LogP contribution >= 0.6 is 0 Å². The highest BCUT2D eigenvalue weighted by Crippen LogP contribution is 2.20. The molecular formula is C30H31N5O3. The Morgan fingerprint density at radius 2 is 1.95 bits per heavy atom. The lowest BCUT2D eigenvalue weighted by atomic mass is 10.1. The first-order chi connectivity index (χ1) is 18.7. The van der Waals surface area contributed by atoms with Gasteiger partial charge < -0.3 is 19.5 Å². The van der Waals surface area contributed by atoms with E-state index in [4.69, 9.17) is 9.15 Å². The second-order valence-corrected chi connectivity index (χ2v) is 9.13. The van der Waals surface area contributed by atoms with Gasteiger partial charge in [-0.2, -0.15) is 0 Å². The summed E-state index contributed by atoms with van der Waals surface area (Å²) in [5.41, 5.74) is 4.73. The Hall–Kier alpha value is -4.43. The van der Waals surface area contributed by atoms with E-state index in [1.54, 1.807) is 13.3 Å². The van der Waals surface area contributed by atoms with Gasteiger partial charge >= 0.3 is 0 Å². The summed E-state index contributed by atoms with van der Waals surface area (Å²) in [5.74, 6) is 1.07. The van der Waals surface area contributed by atoms with E-state index in [1.165, 1.54) is 17.2 Å². The van der Waals surface area contributed by atoms with E-state index in [0.29, 0.717) is 31.9 Å². The zero-order valence-electron chi connectivity index (χ0n) is 21.4. The number of benzene rings is 2. The molecule has 0 aliphatic heterocycles. The monoisotopic (exact) mass is 509 g/mol. The van der Waals surface area contributed by atoms with Crippen molar-refractivity contribution in [3.05, 3.63) is 114 Å². The number of para-hydroxylation sites is 1. The molecular weight excluding hydrogens is 478 g/mol. The fourth-order valence-corrected chi connectivity index (χ4v) is 4.48. The maximum Gasteiger partial charge on any atom is 0.273 e. The third-order valence-corrected chi connectivity index (χ3v) is 6.45. The number of rotatable bonds is 12. The zero-order valence-corrected chi connectivity index (χ0v) is 21.4. The van der Waals surface area contributed by atoms with Crippen molar-refractivity contribution in [3.63, 3.8) is 0 Å². The number of fused-ring (bicyclic) bond motifs is 1. The van der Waals surface area contributed by atoms with Crippen LogP contribution in [0.4, 0.5) is 0 Å². The summed E-state index contributed by atoms with van der Waals surface area (Å²) in [4.78, 5) is 27.0. The van der Waals surface area contributed by atoms with Crippen LogP contribution in [-0.4, -0.2) is 46.0 Å². The minimum Gasteiger partial charge on any atom is -0.497 e. The normalized spacial score (nSPS) is 11.2. The maximum absolute atomic E-state index is 12.6. The molecule has 0 saturated carbocycles. The molecule has 3 heterocycles. The number of methoxy groups -OCH3 is 1. The number of carbonyl (C=O) groups excluding carboxylic acids is 1. The molecule has 0 aliphatic carbocycles. The molecule has 5 aromatic rings. The number of aromatic amines is 1. The molecule has 0 radical (unpaired) electrons. The van der Waals surface area contributed by atoms with E-state index in [2.05, 4.69) is 55.6 Å². The Morgan fingerprint density at radius 3 is 2.82 bits per heavy atom. The lowest BCUT2D eigenvalue weighted by Gasteiger charge is -2.21. The van der Waals surface area contributed by atoms with E-state index in [0.717, 1.165) is 35.5 Å². The summed E-state index contributed by atoms with van der Waals surface area (Å²) < 4.78 is 11.1. The first kappa shape index (κ1) is 25.2. The van der Waals surface area contributed by atoms with E-state index in [1.807, 2.05) is 42.5 Å². The van der Waals surface area contributed by atoms with Crippen LogP contribution in [0.15, 0.2) is 89.8 Å². The lowest BCUT2D eigenvalue weighted by Crippen LogP contribution is -2.27. The van der Waals surface area contributed by atoms with Crippen LogP contribution in [0.5, 0.6) is 5.75 Å². The molecule has 2 aromatic carbocycles. The van der Waals surface area contributed by atoms with Crippen molar-refractivity contribution in [2.75, 3.05) is 20.2 Å². The highest BCUT2D eigenvalue weighted by molar-refractivity contribution is 5.91. The maximum atomic E-state index is 12.6. The molecule has 3 aromatic heterocycles. The summed E-state index contributed by atoms with van der Waals surface area (Å²) >= 11 is 0. The summed E-state index contributed by atoms with van der Waals surface area (Å²) in [6.45, 7) is 2.42. The predicted octanol–water partition coefficient (Wildman–Crippen LogP) is 4.78. The fourth-order valence-electron chi connectivity index (χ4n) is 4.48. The van der Waals surface area contributed by atoms with Crippen molar-refractivity contribution in [2.24, 2.45) is 0 Å². The average Bonchev–Trinajstić information content (AvgIpc) is 3.60. The smallest absolute Gasteiger partial charge is 0.273 e. The van der Waals surface area contributed by atoms with E-state index < -0.39 is 0 Å². The van der Waals surface area contributed by atoms with E-state index in [-0.39, 0.29) is 11.6 Å². The summed E-state index contributed by atoms with van der Waals surface area (Å²) in [6.07, 6.45) is 6.76. The first-order valence-electron chi connectivity index (χ1n) is 12.7. The Balaban J connectivity index is 1.24. The van der Waals surface area contributed by atoms with Crippen molar-refractivity contribution in [2.45, 2.75) is 25.9 Å². The summed E-state index contributed by atoms with van der Waals surface area (Å²) in [7, 11) is 1.67. The number of hydrogen-bond acceptors (Lipinski definition) is 6. The topological polar surface area (TPSA) is 96.3 Å². The van der Waals surface area contributed by atoms with Crippen LogP contribution in [0.1, 0.15) is 33.2 Å². The van der Waals surface area contributed by atoms with E-state index in [9.17, 15) is 4.79 Å². The van der Waals surface area contributed by atoms with Crippen LogP contribution in [0, 0.1) is 0 Å². The fraction of sp³-hybridized carbons (Fsp3) is 0.233. The number of ether oxygens (including phenoxy) is 1. The lowest BCUT2D eigenvalue weighted by molar-refractivity contribution is 0.0949. The minimum atomic E-state index is -0.255. The Morgan fingerprint density at radius 1 is 1.05 bits per heavy atom. The Kier molecular flexibility index (Phi) is 8.10. The highest BCUT2D eigenvalue weighted by Gasteiger charge is 2.16. The molecule has 8 heteroatoms. The number of nitrogens with zero attached hydrogens (tertiary/aromatic N) is 3. The first-order valence-corrected chi connectivity index (χ1v) is 12.7. The quantitative estimate of drug-likeness (QED) is 0.251. The van der Waals surface area contributed by atoms with Gasteiger partial charge in [-0.15, -0.1) is 0 Å². The van der Waals surface area contributed by atoms with Gasteiger partial charge in [0.15, 0.2) is 5.69 Å². The number of aromatic nitrogens is 3. The summed E-state index contributed by atoms with van der Waals surface area (Å²) in [6, 6.07) is 22.1. The minimum absolute atomic E-state index is 0.255. The van der Waals surface area contributed by atoms with Crippen LogP contribution in [-0.2, 0) is 25.9 Å². The molecule has 2 N–H and O–H groups in total. The van der Waals surface area contributed by atoms with Crippen molar-refractivity contribution in [1.82, 2.24) is 25.2 Å². The molecule has 194 valence electrons. The zero-order chi connectivity index (χ0) is 26.2. The largest absolute Gasteiger partial charge is 0.497 e. The number of H-pyrrole nitrogens is 1. The molecule has 0 atom stereocenters. The van der Waals surface area contributed by atoms with Crippen LogP contribution in [0.2, 0.25) is 0 Å². The van der Waals surface area contributed by atoms with Crippen LogP contribution in [0.3, 0.4) is 0 Å². The third-order valence-electron chi connectivity index (χ3n) is 6.45. The number of amides is 1. The predicted molar refractivity (Wildman–Crippen MR) is 146 cm³/mol. The Labute approximate surface area is 221 Å². The van der Waals surface area contributed by atoms with Crippen LogP contribution < -0.4 is 10.1 Å². The van der Waals surface area contributed by atoms with E-state index >= 15 is 0 Å². The number of nitrogens with one attached hydrogen (secondary N) is 2. The Bertz CT molecular complexity index is 1480. The molecule has 0 spiro atoms. The molecule has 0 bridgehead atoms. The number of oxazole rings is 1. The van der Waals surface area contributed by atoms with Gasteiger partial charge in [0.1, 0.15) is 12.0 Å². The van der Waals surface area contributed by atoms with Gasteiger partial charge in [-0.1, -0.05) is 36.4 Å². The van der Waals surface area contributed by atoms with Crippen molar-refractivity contribution < 1.29 is 13.9 Å². The number of pyridine rings is 1. The van der Waals surface area contributed by atoms with Gasteiger partial charge in [0.05, 0.1) is 13.7 Å². The molecule has 8 nitrogen and oxygen atoms in total. The third kappa shape index (κ3) is 6.46. The van der Waals surface area contributed by atoms with Crippen molar-refractivity contribution in [3.8, 4) is 5.75 Å². The van der Waals surface area contributed by atoms with Crippen molar-refractivity contribution >= 4 is 16.8 Å². The molecule has 0 aliphatic rings. The van der Waals surface area contributed by atoms with Gasteiger partial charge in [0.25, 0.3) is 5.91 Å². The summed E-state index contributed by atoms with van der Waals surface area (Å²) in [5, 5.41) is 4.13. The van der Waals surface area contributed by atoms with Gasteiger partial charge in [-0.05, 0) is 47.9 Å². The molecule has 38 heavy (non-hydrogen) atoms. The highest BCUT2D eigenvalue weighted by atomic mass is 16.5. The SMILES string of the molecule is COc1cccc(CN(CCc2c[nH]c3ccccc23)Cc2nc(C(=O)NCCc3ccccn3)co2)c1. The second kappa shape index (κ2) is 12.2. The molecule has 0 fully saturated rings. The van der Waals surface area contributed by atoms with Gasteiger partial charge in [-0.3, -0.25) is 14.7 Å². The van der Waals surface area contributed by atoms with Gasteiger partial charge in [-0.25, -0.2) is 4.98 Å². The van der Waals surface area contributed by atoms with Gasteiger partial charge in [0, 0.05) is 55.0 Å². The number of hydrogen-bond donors (Lipinski definition) is 2. The second-order valence-electron chi connectivity index (χ2n) is 9.13. The van der Waals surface area contributed by atoms with Crippen LogP contribution in [0.25, 0.3) is 10.9 Å². The average molecular weight is 510 g/mol. The molecule has 0 unspecified atom stereocenters. The standard InChI is InChI=1S/C30H31N5O3/c1-37-25-9-6-7-22(17-25)19-35(16-13-23-18-33-27-11-3-2-10-26(23)27)20-29-34-28(21-38-29)30(36)32-15-12-24-8-4-5-14-31-24/h2-11,14,17-18,21,33H,12-13,15-16,19-20H2,1H3,(H,32,36). The number of carbonyl (C=O) groups is 1. The van der Waals surface area contributed by atoms with Gasteiger partial charge in [0.2, 0.25) is 5.89 Å². The molecule has 1 amide bonds. The molecule has 0 saturated heterocycles.